The molecule has 0 fully saturated rings. The minimum atomic E-state index is -0.507. The van der Waals surface area contributed by atoms with Gasteiger partial charge in [0.2, 0.25) is 0 Å². The van der Waals surface area contributed by atoms with E-state index in [1.54, 1.807) is 0 Å². The van der Waals surface area contributed by atoms with Crippen LogP contribution in [0.2, 0.25) is 0 Å². The summed E-state index contributed by atoms with van der Waals surface area (Å²) in [7, 11) is 0. The van der Waals surface area contributed by atoms with E-state index in [9.17, 15) is 14.9 Å². The second kappa shape index (κ2) is 5.09. The summed E-state index contributed by atoms with van der Waals surface area (Å²) >= 11 is 0. The summed E-state index contributed by atoms with van der Waals surface area (Å²) < 4.78 is 1.34. The number of nitro groups is 1. The Morgan fingerprint density at radius 1 is 1.41 bits per heavy atom. The molecule has 1 aromatic heterocycles. The normalized spacial score (nSPS) is 11.5. The molecule has 0 unspecified atom stereocenters. The Hall–Kier alpha value is -1.69. The van der Waals surface area contributed by atoms with Crippen LogP contribution in [0.3, 0.4) is 0 Å². The Morgan fingerprint density at radius 2 is 2.06 bits per heavy atom. The number of nitrogens with zero attached hydrogens (tertiary/aromatic N) is 2. The van der Waals surface area contributed by atoms with E-state index in [2.05, 4.69) is 5.32 Å². The molecule has 0 saturated heterocycles. The van der Waals surface area contributed by atoms with Gasteiger partial charge in [-0.2, -0.15) is 0 Å². The Kier molecular flexibility index (Phi) is 4.01. The van der Waals surface area contributed by atoms with Crippen molar-refractivity contribution in [1.82, 2.24) is 9.88 Å². The molecule has 0 aliphatic carbocycles. The average Bonchev–Trinajstić information content (AvgIpc) is 2.18. The van der Waals surface area contributed by atoms with E-state index in [4.69, 9.17) is 0 Å². The van der Waals surface area contributed by atoms with Crippen LogP contribution in [0.1, 0.15) is 20.8 Å². The smallest absolute Gasteiger partial charge is 0.285 e. The van der Waals surface area contributed by atoms with E-state index < -0.39 is 4.92 Å². The van der Waals surface area contributed by atoms with E-state index in [0.717, 1.165) is 0 Å². The van der Waals surface area contributed by atoms with E-state index in [1.807, 2.05) is 20.8 Å². The third-order valence-electron chi connectivity index (χ3n) is 2.19. The van der Waals surface area contributed by atoms with Gasteiger partial charge in [-0.05, 0) is 20.8 Å². The van der Waals surface area contributed by atoms with E-state index in [-0.39, 0.29) is 16.8 Å². The van der Waals surface area contributed by atoms with Gasteiger partial charge in [0.05, 0.1) is 11.1 Å². The highest BCUT2D eigenvalue weighted by Crippen LogP contribution is 2.06. The van der Waals surface area contributed by atoms with Crippen LogP contribution in [0.15, 0.2) is 23.1 Å². The van der Waals surface area contributed by atoms with Crippen molar-refractivity contribution in [2.45, 2.75) is 32.9 Å². The zero-order chi connectivity index (χ0) is 13.1. The van der Waals surface area contributed by atoms with E-state index in [1.165, 1.54) is 22.9 Å². The molecule has 17 heavy (non-hydrogen) atoms. The maximum atomic E-state index is 11.5. The van der Waals surface area contributed by atoms with Gasteiger partial charge in [-0.3, -0.25) is 14.9 Å². The van der Waals surface area contributed by atoms with Crippen molar-refractivity contribution in [1.29, 1.82) is 0 Å². The van der Waals surface area contributed by atoms with E-state index in [0.29, 0.717) is 13.1 Å². The summed E-state index contributed by atoms with van der Waals surface area (Å²) in [6.45, 7) is 7.05. The fourth-order valence-corrected chi connectivity index (χ4v) is 1.35. The molecule has 0 aliphatic heterocycles. The van der Waals surface area contributed by atoms with Gasteiger partial charge in [-0.25, -0.2) is 0 Å². The van der Waals surface area contributed by atoms with Crippen molar-refractivity contribution in [2.24, 2.45) is 0 Å². The summed E-state index contributed by atoms with van der Waals surface area (Å²) in [6, 6.07) is 2.44. The fraction of sp³-hybridized carbons (Fsp3) is 0.545. The zero-order valence-electron chi connectivity index (χ0n) is 10.3. The Balaban J connectivity index is 2.74. The minimum absolute atomic E-state index is 0.0374. The van der Waals surface area contributed by atoms with Crippen molar-refractivity contribution in [3.63, 3.8) is 0 Å². The van der Waals surface area contributed by atoms with Crippen molar-refractivity contribution < 1.29 is 4.92 Å². The second-order valence-corrected chi connectivity index (χ2v) is 4.85. The molecule has 0 saturated carbocycles. The largest absolute Gasteiger partial charge is 0.310 e. The molecule has 1 heterocycles. The van der Waals surface area contributed by atoms with Crippen LogP contribution in [-0.4, -0.2) is 21.6 Å². The lowest BCUT2D eigenvalue weighted by molar-refractivity contribution is -0.385. The number of aromatic nitrogens is 1. The number of rotatable bonds is 4. The van der Waals surface area contributed by atoms with Crippen LogP contribution in [0.25, 0.3) is 0 Å². The Morgan fingerprint density at radius 3 is 2.59 bits per heavy atom. The fourth-order valence-electron chi connectivity index (χ4n) is 1.35. The molecular weight excluding hydrogens is 222 g/mol. The molecule has 0 aliphatic rings. The summed E-state index contributed by atoms with van der Waals surface area (Å²) in [5.74, 6) is 0. The first-order chi connectivity index (χ1) is 7.79. The molecular formula is C11H17N3O3. The highest BCUT2D eigenvalue weighted by atomic mass is 16.6. The van der Waals surface area contributed by atoms with Gasteiger partial charge in [-0.1, -0.05) is 0 Å². The Bertz CT molecular complexity index is 460. The van der Waals surface area contributed by atoms with Crippen molar-refractivity contribution >= 4 is 5.69 Å². The Labute approximate surface area is 99.4 Å². The van der Waals surface area contributed by atoms with Crippen molar-refractivity contribution in [3.8, 4) is 0 Å². The van der Waals surface area contributed by atoms with Crippen LogP contribution in [0.4, 0.5) is 5.69 Å². The molecule has 0 amide bonds. The lowest BCUT2D eigenvalue weighted by Crippen LogP contribution is -2.39. The summed E-state index contributed by atoms with van der Waals surface area (Å²) in [5.41, 5.74) is -0.337. The topological polar surface area (TPSA) is 77.2 Å². The van der Waals surface area contributed by atoms with Crippen molar-refractivity contribution in [3.05, 3.63) is 38.8 Å². The summed E-state index contributed by atoms with van der Waals surface area (Å²) in [5, 5.41) is 13.8. The predicted octanol–water partition coefficient (Wildman–Crippen LogP) is 1.14. The molecule has 0 bridgehead atoms. The molecule has 0 spiro atoms. The van der Waals surface area contributed by atoms with Crippen LogP contribution in [0.5, 0.6) is 0 Å². The molecule has 0 atom stereocenters. The van der Waals surface area contributed by atoms with Gasteiger partial charge in [-0.15, -0.1) is 0 Å². The SMILES string of the molecule is CC(C)(C)NCCn1cc([N+](=O)[O-])ccc1=O. The number of pyridine rings is 1. The number of hydrogen-bond donors (Lipinski definition) is 1. The standard InChI is InChI=1S/C11H17N3O3/c1-11(2,3)12-6-7-13-8-9(14(16)17)4-5-10(13)15/h4-5,8,12H,6-7H2,1-3H3. The lowest BCUT2D eigenvalue weighted by atomic mass is 10.1. The molecule has 1 rings (SSSR count). The molecule has 0 radical (unpaired) electrons. The van der Waals surface area contributed by atoms with Crippen LogP contribution in [-0.2, 0) is 6.54 Å². The monoisotopic (exact) mass is 239 g/mol. The minimum Gasteiger partial charge on any atom is -0.310 e. The maximum Gasteiger partial charge on any atom is 0.285 e. The molecule has 6 heteroatoms. The second-order valence-electron chi connectivity index (χ2n) is 4.85. The molecule has 1 aromatic rings. The molecule has 0 aromatic carbocycles. The maximum absolute atomic E-state index is 11.5. The van der Waals surface area contributed by atoms with Crippen LogP contribution in [0, 0.1) is 10.1 Å². The van der Waals surface area contributed by atoms with Crippen molar-refractivity contribution in [2.75, 3.05) is 6.54 Å². The summed E-state index contributed by atoms with van der Waals surface area (Å²) in [4.78, 5) is 21.5. The quantitative estimate of drug-likeness (QED) is 0.631. The molecule has 1 N–H and O–H groups in total. The third kappa shape index (κ3) is 4.36. The van der Waals surface area contributed by atoms with Gasteiger partial charge in [0, 0.05) is 30.8 Å². The average molecular weight is 239 g/mol. The van der Waals surface area contributed by atoms with E-state index >= 15 is 0 Å². The first-order valence-electron chi connectivity index (χ1n) is 5.39. The zero-order valence-corrected chi connectivity index (χ0v) is 10.3. The van der Waals surface area contributed by atoms with Crippen LogP contribution < -0.4 is 10.9 Å². The van der Waals surface area contributed by atoms with Gasteiger partial charge in [0.1, 0.15) is 0 Å². The highest BCUT2D eigenvalue weighted by molar-refractivity contribution is 5.24. The highest BCUT2D eigenvalue weighted by Gasteiger charge is 2.10. The third-order valence-corrected chi connectivity index (χ3v) is 2.19. The van der Waals surface area contributed by atoms with Gasteiger partial charge in [0.15, 0.2) is 0 Å². The molecule has 6 nitrogen and oxygen atoms in total. The first-order valence-corrected chi connectivity index (χ1v) is 5.39. The molecule has 94 valence electrons. The van der Waals surface area contributed by atoms with Gasteiger partial charge >= 0.3 is 0 Å². The first kappa shape index (κ1) is 13.4. The summed E-state index contributed by atoms with van der Waals surface area (Å²) in [6.07, 6.45) is 1.27. The van der Waals surface area contributed by atoms with Crippen LogP contribution >= 0.6 is 0 Å². The predicted molar refractivity (Wildman–Crippen MR) is 65.1 cm³/mol. The van der Waals surface area contributed by atoms with Gasteiger partial charge in [0.25, 0.3) is 11.2 Å². The van der Waals surface area contributed by atoms with Gasteiger partial charge < -0.3 is 9.88 Å². The lowest BCUT2D eigenvalue weighted by Gasteiger charge is -2.20. The number of hydrogen-bond acceptors (Lipinski definition) is 4. The number of nitrogens with one attached hydrogen (secondary N) is 1.